The smallest absolute Gasteiger partial charge is 0.335 e. The van der Waals surface area contributed by atoms with Crippen molar-refractivity contribution in [1.29, 1.82) is 0 Å². The average Bonchev–Trinajstić information content (AvgIpc) is 2.87. The standard InChI is InChI=1S/C27H28FN3O3/c1-18(27(32)33)26-30-16-22(25(31(26)29-2)20-11-7-4-8-12-20)21-13-14-24(23(28)15-21)34-17-19-9-5-3-6-10-19/h3,5-6,9-10,13-16,20H,2,4,7-8,11-12,17H2,1H3,(H,32,33)/b26-18+. The Morgan fingerprint density at radius 1 is 1.21 bits per heavy atom. The van der Waals surface area contributed by atoms with Crippen LogP contribution in [-0.4, -0.2) is 29.0 Å². The summed E-state index contributed by atoms with van der Waals surface area (Å²) in [5.74, 6) is -0.998. The molecule has 7 heteroatoms. The highest BCUT2D eigenvalue weighted by atomic mass is 19.1. The Morgan fingerprint density at radius 2 is 1.94 bits per heavy atom. The van der Waals surface area contributed by atoms with Crippen molar-refractivity contribution in [2.45, 2.75) is 45.6 Å². The molecule has 1 aliphatic heterocycles. The number of nitrogens with zero attached hydrogens (tertiary/aromatic N) is 3. The molecule has 0 aromatic heterocycles. The molecule has 0 radical (unpaired) electrons. The summed E-state index contributed by atoms with van der Waals surface area (Å²) in [6, 6.07) is 14.4. The number of benzene rings is 2. The maximum atomic E-state index is 15.0. The molecular formula is C27H28FN3O3. The van der Waals surface area contributed by atoms with Crippen LogP contribution in [0.4, 0.5) is 4.39 Å². The number of allylic oxidation sites excluding steroid dienone is 2. The molecule has 1 fully saturated rings. The molecule has 4 rings (SSSR count). The van der Waals surface area contributed by atoms with E-state index in [4.69, 9.17) is 4.74 Å². The molecule has 34 heavy (non-hydrogen) atoms. The Labute approximate surface area is 198 Å². The summed E-state index contributed by atoms with van der Waals surface area (Å²) >= 11 is 0. The SMILES string of the molecule is C=NN1C(C2CCCCC2)=C(c2ccc(OCc3ccccc3)c(F)c2)C=N/C1=C(/C)C(=O)O. The van der Waals surface area contributed by atoms with E-state index in [1.807, 2.05) is 30.3 Å². The molecule has 176 valence electrons. The second kappa shape index (κ2) is 10.5. The zero-order chi connectivity index (χ0) is 24.1. The number of aliphatic imine (C=N–C) groups is 1. The third-order valence-electron chi connectivity index (χ3n) is 6.29. The van der Waals surface area contributed by atoms with Gasteiger partial charge in [0, 0.05) is 24.4 Å². The van der Waals surface area contributed by atoms with E-state index in [-0.39, 0.29) is 29.7 Å². The van der Waals surface area contributed by atoms with Gasteiger partial charge in [0.1, 0.15) is 6.61 Å². The summed E-state index contributed by atoms with van der Waals surface area (Å²) in [6.45, 7) is 5.45. The number of carboxylic acid groups (broad SMARTS) is 1. The number of rotatable bonds is 7. The Hall–Kier alpha value is -3.74. The van der Waals surface area contributed by atoms with Crippen LogP contribution in [0.5, 0.6) is 5.75 Å². The van der Waals surface area contributed by atoms with Crippen LogP contribution in [0.2, 0.25) is 0 Å². The summed E-state index contributed by atoms with van der Waals surface area (Å²) in [4.78, 5) is 16.0. The predicted molar refractivity (Wildman–Crippen MR) is 131 cm³/mol. The minimum atomic E-state index is -1.07. The first-order valence-corrected chi connectivity index (χ1v) is 11.5. The van der Waals surface area contributed by atoms with Crippen molar-refractivity contribution >= 4 is 24.5 Å². The molecule has 1 aliphatic carbocycles. The van der Waals surface area contributed by atoms with Crippen LogP contribution in [0.15, 0.2) is 75.7 Å². The van der Waals surface area contributed by atoms with Crippen LogP contribution in [0.25, 0.3) is 5.57 Å². The number of halogens is 1. The number of carboxylic acids is 1. The molecule has 2 aromatic rings. The Morgan fingerprint density at radius 3 is 2.59 bits per heavy atom. The number of hydrogen-bond acceptors (Lipinski definition) is 5. The molecule has 0 spiro atoms. The van der Waals surface area contributed by atoms with E-state index >= 15 is 4.39 Å². The quantitative estimate of drug-likeness (QED) is 0.404. The van der Waals surface area contributed by atoms with Crippen molar-refractivity contribution in [1.82, 2.24) is 5.01 Å². The summed E-state index contributed by atoms with van der Waals surface area (Å²) in [5.41, 5.74) is 3.20. The molecule has 2 aromatic carbocycles. The molecule has 0 amide bonds. The molecule has 1 heterocycles. The van der Waals surface area contributed by atoms with E-state index in [1.54, 1.807) is 18.3 Å². The van der Waals surface area contributed by atoms with E-state index in [0.29, 0.717) is 5.56 Å². The Bertz CT molecular complexity index is 1160. The third-order valence-corrected chi connectivity index (χ3v) is 6.29. The highest BCUT2D eigenvalue weighted by Gasteiger charge is 2.32. The van der Waals surface area contributed by atoms with Crippen molar-refractivity contribution in [2.24, 2.45) is 16.0 Å². The average molecular weight is 462 g/mol. The highest BCUT2D eigenvalue weighted by molar-refractivity contribution is 6.12. The van der Waals surface area contributed by atoms with E-state index < -0.39 is 11.8 Å². The molecule has 1 saturated carbocycles. The van der Waals surface area contributed by atoms with Gasteiger partial charge < -0.3 is 9.84 Å². The van der Waals surface area contributed by atoms with Gasteiger partial charge in [-0.1, -0.05) is 55.7 Å². The molecule has 6 nitrogen and oxygen atoms in total. The van der Waals surface area contributed by atoms with Gasteiger partial charge >= 0.3 is 5.97 Å². The second-order valence-electron chi connectivity index (χ2n) is 8.52. The van der Waals surface area contributed by atoms with Crippen molar-refractivity contribution < 1.29 is 19.0 Å². The summed E-state index contributed by atoms with van der Waals surface area (Å²) < 4.78 is 20.7. The van der Waals surface area contributed by atoms with E-state index in [0.717, 1.165) is 48.9 Å². The van der Waals surface area contributed by atoms with Crippen LogP contribution < -0.4 is 4.74 Å². The first kappa shape index (κ1) is 23.4. The topological polar surface area (TPSA) is 74.5 Å². The largest absolute Gasteiger partial charge is 0.486 e. The van der Waals surface area contributed by atoms with Crippen molar-refractivity contribution in [3.63, 3.8) is 0 Å². The van der Waals surface area contributed by atoms with Gasteiger partial charge in [-0.25, -0.2) is 19.2 Å². The van der Waals surface area contributed by atoms with Crippen LogP contribution in [0, 0.1) is 11.7 Å². The van der Waals surface area contributed by atoms with Crippen molar-refractivity contribution in [3.8, 4) is 5.75 Å². The monoisotopic (exact) mass is 461 g/mol. The van der Waals surface area contributed by atoms with Crippen LogP contribution >= 0.6 is 0 Å². The number of ether oxygens (including phenoxy) is 1. The summed E-state index contributed by atoms with van der Waals surface area (Å²) in [6.07, 6.45) is 6.81. The van der Waals surface area contributed by atoms with Gasteiger partial charge in [0.25, 0.3) is 0 Å². The fourth-order valence-corrected chi connectivity index (χ4v) is 4.48. The summed E-state index contributed by atoms with van der Waals surface area (Å²) in [7, 11) is 0. The zero-order valence-corrected chi connectivity index (χ0v) is 19.2. The zero-order valence-electron chi connectivity index (χ0n) is 19.2. The normalized spacial score (nSPS) is 18.1. The van der Waals surface area contributed by atoms with Crippen molar-refractivity contribution in [2.75, 3.05) is 0 Å². The van der Waals surface area contributed by atoms with Crippen LogP contribution in [0.3, 0.4) is 0 Å². The number of carbonyl (C=O) groups is 1. The Balaban J connectivity index is 1.71. The Kier molecular flexibility index (Phi) is 7.21. The van der Waals surface area contributed by atoms with Crippen LogP contribution in [0.1, 0.15) is 50.2 Å². The lowest BCUT2D eigenvalue weighted by atomic mass is 9.83. The van der Waals surface area contributed by atoms with E-state index in [9.17, 15) is 9.90 Å². The first-order chi connectivity index (χ1) is 16.5. The number of hydrazone groups is 1. The van der Waals surface area contributed by atoms with Crippen LogP contribution in [-0.2, 0) is 11.4 Å². The van der Waals surface area contributed by atoms with Gasteiger partial charge in [-0.05, 0) is 43.0 Å². The molecule has 1 N–H and O–H groups in total. The van der Waals surface area contributed by atoms with Gasteiger partial charge in [0.05, 0.1) is 11.3 Å². The lowest BCUT2D eigenvalue weighted by Crippen LogP contribution is -2.29. The van der Waals surface area contributed by atoms with E-state index in [2.05, 4.69) is 16.8 Å². The second-order valence-corrected chi connectivity index (χ2v) is 8.52. The van der Waals surface area contributed by atoms with E-state index in [1.165, 1.54) is 18.0 Å². The molecular weight excluding hydrogens is 433 g/mol. The molecule has 0 saturated heterocycles. The molecule has 0 atom stereocenters. The fourth-order valence-electron chi connectivity index (χ4n) is 4.48. The predicted octanol–water partition coefficient (Wildman–Crippen LogP) is 6.01. The minimum Gasteiger partial charge on any atom is -0.486 e. The highest BCUT2D eigenvalue weighted by Crippen LogP contribution is 2.40. The van der Waals surface area contributed by atoms with Gasteiger partial charge in [-0.15, -0.1) is 0 Å². The van der Waals surface area contributed by atoms with Gasteiger partial charge in [0.2, 0.25) is 0 Å². The summed E-state index contributed by atoms with van der Waals surface area (Å²) in [5, 5.41) is 15.2. The molecule has 0 unspecified atom stereocenters. The third kappa shape index (κ3) is 4.93. The van der Waals surface area contributed by atoms with Gasteiger partial charge in [-0.3, -0.25) is 0 Å². The maximum Gasteiger partial charge on any atom is 0.335 e. The maximum absolute atomic E-state index is 15.0. The minimum absolute atomic E-state index is 0.0758. The van der Waals surface area contributed by atoms with Crippen molar-refractivity contribution in [3.05, 3.63) is 82.6 Å². The van der Waals surface area contributed by atoms with Gasteiger partial charge in [-0.2, -0.15) is 5.10 Å². The lowest BCUT2D eigenvalue weighted by molar-refractivity contribution is -0.132. The van der Waals surface area contributed by atoms with Gasteiger partial charge in [0.15, 0.2) is 17.4 Å². The number of hydrogen-bond donors (Lipinski definition) is 1. The first-order valence-electron chi connectivity index (χ1n) is 11.5. The molecule has 0 bridgehead atoms. The fraction of sp³-hybridized carbons (Fsp3) is 0.296. The molecule has 2 aliphatic rings. The number of aliphatic carboxylic acids is 1. The lowest BCUT2D eigenvalue weighted by Gasteiger charge is -2.35.